The average Bonchev–Trinajstić information content (AvgIpc) is 3.69. The van der Waals surface area contributed by atoms with E-state index in [1.165, 1.54) is 6.33 Å². The maximum Gasteiger partial charge on any atom is 0.410 e. The minimum atomic E-state index is -1.16. The standard InChI is InChI=1S/C36H54N6O7/c1-23(2)20-42-21-30(48-35(42)47)31(43)27(16-24-12-8-6-9-13-24)39-33(45)29(18-26-19-37-22-38-26)40-32(44)28(17-25-14-10-7-11-15-25)41-34(46)49-36(3,4)5/h7,10-11,14-15,19,22-24,27-31,43H,6,8-9,12-13,16-18,20-21H2,1-5H3,(H,37,38)(H,39,45)(H,40,44)(H,41,46)/t27-,28-,29-,30-,31+/m0/s1. The Balaban J connectivity index is 1.55. The molecule has 1 aliphatic carbocycles. The number of aliphatic hydroxyl groups is 1. The number of aromatic nitrogens is 2. The highest BCUT2D eigenvalue weighted by Gasteiger charge is 2.41. The van der Waals surface area contributed by atoms with Crippen LogP contribution in [-0.2, 0) is 31.9 Å². The first-order valence-corrected chi connectivity index (χ1v) is 17.5. The molecule has 1 aromatic carbocycles. The molecule has 4 amide bonds. The number of hydrogen-bond acceptors (Lipinski definition) is 8. The zero-order chi connectivity index (χ0) is 35.6. The smallest absolute Gasteiger partial charge is 0.410 e. The number of nitrogens with one attached hydrogen (secondary N) is 4. The van der Waals surface area contributed by atoms with Crippen molar-refractivity contribution in [2.75, 3.05) is 13.1 Å². The van der Waals surface area contributed by atoms with Crippen LogP contribution in [0, 0.1) is 11.8 Å². The largest absolute Gasteiger partial charge is 0.444 e. The van der Waals surface area contributed by atoms with Crippen LogP contribution in [0.5, 0.6) is 0 Å². The lowest BCUT2D eigenvalue weighted by Gasteiger charge is -2.33. The summed E-state index contributed by atoms with van der Waals surface area (Å²) < 4.78 is 11.0. The van der Waals surface area contributed by atoms with Crippen LogP contribution in [0.15, 0.2) is 42.9 Å². The fourth-order valence-electron chi connectivity index (χ4n) is 6.52. The van der Waals surface area contributed by atoms with E-state index in [9.17, 15) is 24.3 Å². The first kappa shape index (κ1) is 37.7. The average molecular weight is 683 g/mol. The molecule has 270 valence electrons. The molecule has 0 bridgehead atoms. The number of imidazole rings is 1. The van der Waals surface area contributed by atoms with Gasteiger partial charge in [0.15, 0.2) is 0 Å². The van der Waals surface area contributed by atoms with Gasteiger partial charge in [-0.05, 0) is 44.6 Å². The van der Waals surface area contributed by atoms with E-state index in [0.29, 0.717) is 18.7 Å². The van der Waals surface area contributed by atoms with Crippen LogP contribution in [0.1, 0.15) is 84.4 Å². The maximum absolute atomic E-state index is 14.1. The summed E-state index contributed by atoms with van der Waals surface area (Å²) in [5.74, 6) is -0.579. The molecule has 0 spiro atoms. The van der Waals surface area contributed by atoms with Crippen LogP contribution in [0.4, 0.5) is 9.59 Å². The third-order valence-corrected chi connectivity index (χ3v) is 8.83. The van der Waals surface area contributed by atoms with Crippen molar-refractivity contribution in [3.8, 4) is 0 Å². The Hall–Kier alpha value is -4.13. The third kappa shape index (κ3) is 12.1. The molecule has 1 aliphatic heterocycles. The van der Waals surface area contributed by atoms with E-state index in [1.54, 1.807) is 31.9 Å². The van der Waals surface area contributed by atoms with Crippen molar-refractivity contribution < 1.29 is 33.8 Å². The number of alkyl carbamates (subject to hydrolysis) is 1. The summed E-state index contributed by atoms with van der Waals surface area (Å²) in [7, 11) is 0. The minimum Gasteiger partial charge on any atom is -0.444 e. The first-order valence-electron chi connectivity index (χ1n) is 17.5. The zero-order valence-electron chi connectivity index (χ0n) is 29.4. The van der Waals surface area contributed by atoms with Gasteiger partial charge < -0.3 is 40.4 Å². The number of aliphatic hydroxyl groups excluding tert-OH is 1. The Morgan fingerprint density at radius 2 is 1.69 bits per heavy atom. The van der Waals surface area contributed by atoms with Gasteiger partial charge in [0.2, 0.25) is 11.8 Å². The van der Waals surface area contributed by atoms with E-state index in [-0.39, 0.29) is 31.2 Å². The Bertz CT molecular complexity index is 1360. The molecule has 13 nitrogen and oxygen atoms in total. The summed E-state index contributed by atoms with van der Waals surface area (Å²) in [6.07, 6.45) is 5.87. The highest BCUT2D eigenvalue weighted by molar-refractivity contribution is 5.91. The lowest BCUT2D eigenvalue weighted by Crippen LogP contribution is -2.58. The molecule has 2 heterocycles. The van der Waals surface area contributed by atoms with E-state index in [1.807, 2.05) is 44.2 Å². The molecule has 49 heavy (non-hydrogen) atoms. The van der Waals surface area contributed by atoms with Gasteiger partial charge in [-0.15, -0.1) is 0 Å². The van der Waals surface area contributed by atoms with Gasteiger partial charge in [-0.1, -0.05) is 76.3 Å². The molecule has 1 saturated heterocycles. The number of cyclic esters (lactones) is 1. The van der Waals surface area contributed by atoms with E-state index in [0.717, 1.165) is 37.7 Å². The van der Waals surface area contributed by atoms with Crippen LogP contribution in [-0.4, -0.2) is 93.0 Å². The second kappa shape index (κ2) is 17.5. The molecule has 5 atom stereocenters. The molecule has 2 aliphatic rings. The summed E-state index contributed by atoms with van der Waals surface area (Å²) in [5.41, 5.74) is 0.634. The highest BCUT2D eigenvalue weighted by atomic mass is 16.6. The van der Waals surface area contributed by atoms with Crippen molar-refractivity contribution in [2.45, 2.75) is 122 Å². The predicted octanol–water partition coefficient (Wildman–Crippen LogP) is 3.87. The second-order valence-corrected chi connectivity index (χ2v) is 14.8. The van der Waals surface area contributed by atoms with Gasteiger partial charge in [0.1, 0.15) is 29.9 Å². The lowest BCUT2D eigenvalue weighted by molar-refractivity contribution is -0.131. The molecule has 0 unspecified atom stereocenters. The Morgan fingerprint density at radius 1 is 1.02 bits per heavy atom. The fourth-order valence-corrected chi connectivity index (χ4v) is 6.52. The van der Waals surface area contributed by atoms with Crippen molar-refractivity contribution in [3.05, 3.63) is 54.1 Å². The molecule has 1 aromatic heterocycles. The quantitative estimate of drug-likeness (QED) is 0.188. The summed E-state index contributed by atoms with van der Waals surface area (Å²) >= 11 is 0. The number of carbonyl (C=O) groups is 4. The fraction of sp³-hybridized carbons (Fsp3) is 0.639. The Morgan fingerprint density at radius 3 is 2.33 bits per heavy atom. The SMILES string of the molecule is CC(C)CN1C[C@@H]([C@H](O)[C@H](CC2CCCCC2)NC(=O)[C@H](Cc2cnc[nH]2)NC(=O)[C@H](Cc2ccccc2)NC(=O)OC(C)(C)C)OC1=O. The van der Waals surface area contributed by atoms with Gasteiger partial charge in [0, 0.05) is 31.3 Å². The Labute approximate surface area is 289 Å². The topological polar surface area (TPSA) is 175 Å². The van der Waals surface area contributed by atoms with Gasteiger partial charge in [-0.2, -0.15) is 0 Å². The van der Waals surface area contributed by atoms with Crippen molar-refractivity contribution in [1.29, 1.82) is 0 Å². The van der Waals surface area contributed by atoms with E-state index >= 15 is 0 Å². The van der Waals surface area contributed by atoms with Gasteiger partial charge >= 0.3 is 12.2 Å². The van der Waals surface area contributed by atoms with Crippen LogP contribution in [0.3, 0.4) is 0 Å². The number of carbonyl (C=O) groups excluding carboxylic acids is 4. The van der Waals surface area contributed by atoms with Gasteiger partial charge in [-0.25, -0.2) is 14.6 Å². The predicted molar refractivity (Wildman–Crippen MR) is 183 cm³/mol. The van der Waals surface area contributed by atoms with Crippen LogP contribution < -0.4 is 16.0 Å². The molecule has 1 saturated carbocycles. The number of nitrogens with zero attached hydrogens (tertiary/aromatic N) is 2. The van der Waals surface area contributed by atoms with Crippen molar-refractivity contribution in [3.63, 3.8) is 0 Å². The van der Waals surface area contributed by atoms with Crippen LogP contribution in [0.2, 0.25) is 0 Å². The van der Waals surface area contributed by atoms with Gasteiger partial charge in [0.25, 0.3) is 0 Å². The number of benzene rings is 1. The van der Waals surface area contributed by atoms with Crippen molar-refractivity contribution in [1.82, 2.24) is 30.8 Å². The molecule has 13 heteroatoms. The van der Waals surface area contributed by atoms with Crippen LogP contribution >= 0.6 is 0 Å². The van der Waals surface area contributed by atoms with Gasteiger partial charge in [-0.3, -0.25) is 9.59 Å². The maximum atomic E-state index is 14.1. The molecule has 2 aromatic rings. The van der Waals surface area contributed by atoms with Crippen LogP contribution in [0.25, 0.3) is 0 Å². The second-order valence-electron chi connectivity index (χ2n) is 14.8. The van der Waals surface area contributed by atoms with E-state index < -0.39 is 59.9 Å². The summed E-state index contributed by atoms with van der Waals surface area (Å²) in [6, 6.07) is 6.37. The molecule has 5 N–H and O–H groups in total. The summed E-state index contributed by atoms with van der Waals surface area (Å²) in [6.45, 7) is 9.93. The zero-order valence-corrected chi connectivity index (χ0v) is 29.4. The summed E-state index contributed by atoms with van der Waals surface area (Å²) in [4.78, 5) is 62.1. The van der Waals surface area contributed by atoms with Crippen molar-refractivity contribution >= 4 is 24.0 Å². The number of amides is 4. The number of rotatable bonds is 15. The monoisotopic (exact) mass is 682 g/mol. The normalized spacial score (nSPS) is 19.4. The molecule has 4 rings (SSSR count). The lowest BCUT2D eigenvalue weighted by atomic mass is 9.83. The number of hydrogen-bond donors (Lipinski definition) is 5. The van der Waals surface area contributed by atoms with E-state index in [4.69, 9.17) is 9.47 Å². The van der Waals surface area contributed by atoms with Gasteiger partial charge in [0.05, 0.1) is 18.9 Å². The molecule has 0 radical (unpaired) electrons. The number of ether oxygens (including phenoxy) is 2. The minimum absolute atomic E-state index is 0.0783. The first-order chi connectivity index (χ1) is 23.3. The van der Waals surface area contributed by atoms with E-state index in [2.05, 4.69) is 25.9 Å². The highest BCUT2D eigenvalue weighted by Crippen LogP contribution is 2.29. The molecular formula is C36H54N6O7. The third-order valence-electron chi connectivity index (χ3n) is 8.83. The number of aromatic amines is 1. The molecule has 2 fully saturated rings. The summed E-state index contributed by atoms with van der Waals surface area (Å²) in [5, 5.41) is 20.2. The van der Waals surface area contributed by atoms with Crippen molar-refractivity contribution in [2.24, 2.45) is 11.8 Å². The number of H-pyrrole nitrogens is 1. The molecular weight excluding hydrogens is 628 g/mol. The Kier molecular flexibility index (Phi) is 13.5.